The van der Waals surface area contributed by atoms with Crippen LogP contribution in [0.3, 0.4) is 0 Å². The Morgan fingerprint density at radius 2 is 1.88 bits per heavy atom. The van der Waals surface area contributed by atoms with Crippen LogP contribution in [0.25, 0.3) is 5.70 Å². The van der Waals surface area contributed by atoms with Crippen LogP contribution in [-0.4, -0.2) is 21.8 Å². The van der Waals surface area contributed by atoms with E-state index in [2.05, 4.69) is 16.8 Å². The average molecular weight is 386 g/mol. The van der Waals surface area contributed by atoms with E-state index < -0.39 is 21.7 Å². The predicted octanol–water partition coefficient (Wildman–Crippen LogP) is 3.61. The van der Waals surface area contributed by atoms with E-state index in [0.717, 1.165) is 30.2 Å². The second-order valence-corrected chi connectivity index (χ2v) is 7.88. The third kappa shape index (κ3) is 5.45. The number of hydroxylamine groups is 1. The van der Waals surface area contributed by atoms with Crippen LogP contribution in [0.4, 0.5) is 14.5 Å². The maximum absolute atomic E-state index is 13.9. The first-order valence-corrected chi connectivity index (χ1v) is 9.63. The molecule has 0 aliphatic heterocycles. The van der Waals surface area contributed by atoms with Gasteiger partial charge in [0.1, 0.15) is 11.6 Å². The summed E-state index contributed by atoms with van der Waals surface area (Å²) >= 11 is 0.962. The van der Waals surface area contributed by atoms with Crippen molar-refractivity contribution in [3.8, 4) is 0 Å². The van der Waals surface area contributed by atoms with E-state index >= 15 is 0 Å². The van der Waals surface area contributed by atoms with Gasteiger partial charge in [-0.15, -0.1) is 0 Å². The first kappa shape index (κ1) is 19.2. The number of halogens is 2. The largest absolute Gasteiger partial charge is 0.283 e. The van der Waals surface area contributed by atoms with Gasteiger partial charge in [-0.25, -0.2) is 17.2 Å². The Morgan fingerprint density at radius 1 is 1.16 bits per heavy atom. The summed E-state index contributed by atoms with van der Waals surface area (Å²) in [5.41, 5.74) is 3.90. The fourth-order valence-electron chi connectivity index (χ4n) is 1.94. The number of hydrogen-bond donors (Lipinski definition) is 2. The molecule has 2 aromatic rings. The maximum atomic E-state index is 13.9. The molecule has 2 rings (SSSR count). The zero-order valence-corrected chi connectivity index (χ0v) is 15.1. The third-order valence-electron chi connectivity index (χ3n) is 2.96. The molecule has 0 fully saturated rings. The number of benzene rings is 2. The number of anilines is 1. The SMILES string of the molecule is C=C(NOC)c1ccc(NS(C)(=O)=O)c(Sc2ccc(F)cc2F)c1. The van der Waals surface area contributed by atoms with Crippen molar-refractivity contribution in [3.05, 3.63) is 60.2 Å². The number of hydrogen-bond acceptors (Lipinski definition) is 5. The van der Waals surface area contributed by atoms with E-state index in [4.69, 9.17) is 4.84 Å². The van der Waals surface area contributed by atoms with Gasteiger partial charge in [0.05, 0.1) is 24.7 Å². The zero-order valence-electron chi connectivity index (χ0n) is 13.5. The summed E-state index contributed by atoms with van der Waals surface area (Å²) in [4.78, 5) is 5.37. The van der Waals surface area contributed by atoms with Gasteiger partial charge in [0.2, 0.25) is 10.0 Å². The average Bonchev–Trinajstić information content (AvgIpc) is 2.50. The van der Waals surface area contributed by atoms with Crippen LogP contribution in [0.1, 0.15) is 5.56 Å². The van der Waals surface area contributed by atoms with Crippen molar-refractivity contribution in [2.75, 3.05) is 18.1 Å². The first-order chi connectivity index (χ1) is 11.7. The number of rotatable bonds is 7. The van der Waals surface area contributed by atoms with Crippen LogP contribution >= 0.6 is 11.8 Å². The van der Waals surface area contributed by atoms with E-state index in [-0.39, 0.29) is 10.6 Å². The summed E-state index contributed by atoms with van der Waals surface area (Å²) in [7, 11) is -2.11. The topological polar surface area (TPSA) is 67.4 Å². The highest BCUT2D eigenvalue weighted by Gasteiger charge is 2.14. The second-order valence-electron chi connectivity index (χ2n) is 5.05. The molecule has 0 aliphatic rings. The summed E-state index contributed by atoms with van der Waals surface area (Å²) in [6, 6.07) is 7.96. The molecule has 0 aliphatic carbocycles. The highest BCUT2D eigenvalue weighted by atomic mass is 32.2. The molecule has 0 atom stereocenters. The van der Waals surface area contributed by atoms with Crippen molar-refractivity contribution in [1.29, 1.82) is 0 Å². The maximum Gasteiger partial charge on any atom is 0.229 e. The minimum Gasteiger partial charge on any atom is -0.283 e. The monoisotopic (exact) mass is 386 g/mol. The lowest BCUT2D eigenvalue weighted by atomic mass is 10.1. The van der Waals surface area contributed by atoms with E-state index in [1.165, 1.54) is 19.2 Å². The molecule has 5 nitrogen and oxygen atoms in total. The highest BCUT2D eigenvalue weighted by molar-refractivity contribution is 7.99. The van der Waals surface area contributed by atoms with Crippen LogP contribution in [0.15, 0.2) is 52.8 Å². The lowest BCUT2D eigenvalue weighted by Gasteiger charge is -2.14. The molecule has 2 N–H and O–H groups in total. The van der Waals surface area contributed by atoms with Gasteiger partial charge >= 0.3 is 0 Å². The molecule has 134 valence electrons. The highest BCUT2D eigenvalue weighted by Crippen LogP contribution is 2.37. The van der Waals surface area contributed by atoms with Gasteiger partial charge in [-0.2, -0.15) is 0 Å². The van der Waals surface area contributed by atoms with Crippen molar-refractivity contribution in [2.45, 2.75) is 9.79 Å². The molecule has 0 spiro atoms. The molecule has 0 unspecified atom stereocenters. The first-order valence-electron chi connectivity index (χ1n) is 6.92. The smallest absolute Gasteiger partial charge is 0.229 e. The van der Waals surface area contributed by atoms with Crippen LogP contribution in [0.5, 0.6) is 0 Å². The fraction of sp³-hybridized carbons (Fsp3) is 0.125. The zero-order chi connectivity index (χ0) is 18.6. The van der Waals surface area contributed by atoms with E-state index in [9.17, 15) is 17.2 Å². The van der Waals surface area contributed by atoms with Gasteiger partial charge < -0.3 is 0 Å². The second kappa shape index (κ2) is 7.85. The molecular formula is C16H16F2N2O3S2. The summed E-state index contributed by atoms with van der Waals surface area (Å²) in [5.74, 6) is -1.43. The van der Waals surface area contributed by atoms with Crippen LogP contribution < -0.4 is 10.2 Å². The lowest BCUT2D eigenvalue weighted by molar-refractivity contribution is 0.137. The Morgan fingerprint density at radius 3 is 2.48 bits per heavy atom. The Hall–Kier alpha value is -2.10. The standard InChI is InChI=1S/C16H16F2N2O3S2/c1-10(19-23-2)11-4-6-14(20-25(3,21)22)16(8-11)24-15-7-5-12(17)9-13(15)18/h4-9,19-20H,1H2,2-3H3. The molecule has 0 heterocycles. The molecule has 0 amide bonds. The van der Waals surface area contributed by atoms with Crippen molar-refractivity contribution in [2.24, 2.45) is 0 Å². The van der Waals surface area contributed by atoms with Gasteiger partial charge in [-0.3, -0.25) is 15.0 Å². The van der Waals surface area contributed by atoms with E-state index in [0.29, 0.717) is 16.2 Å². The number of sulfonamides is 1. The molecule has 25 heavy (non-hydrogen) atoms. The molecule has 2 aromatic carbocycles. The minimum atomic E-state index is -3.53. The Balaban J connectivity index is 2.46. The van der Waals surface area contributed by atoms with Crippen LogP contribution in [-0.2, 0) is 14.9 Å². The molecule has 0 bridgehead atoms. The van der Waals surface area contributed by atoms with Gasteiger partial charge in [-0.05, 0) is 24.3 Å². The normalized spacial score (nSPS) is 11.2. The predicted molar refractivity (Wildman–Crippen MR) is 94.6 cm³/mol. The van der Waals surface area contributed by atoms with Gasteiger partial charge in [0, 0.05) is 21.4 Å². The van der Waals surface area contributed by atoms with Crippen molar-refractivity contribution in [1.82, 2.24) is 5.48 Å². The minimum absolute atomic E-state index is 0.153. The Kier molecular flexibility index (Phi) is 6.04. The van der Waals surface area contributed by atoms with E-state index in [1.807, 2.05) is 0 Å². The summed E-state index contributed by atoms with van der Waals surface area (Å²) < 4.78 is 52.5. The molecule has 0 radical (unpaired) electrons. The van der Waals surface area contributed by atoms with Gasteiger partial charge in [0.25, 0.3) is 0 Å². The van der Waals surface area contributed by atoms with Gasteiger partial charge in [0.15, 0.2) is 0 Å². The van der Waals surface area contributed by atoms with E-state index in [1.54, 1.807) is 12.1 Å². The Bertz CT molecular complexity index is 902. The molecule has 9 heteroatoms. The molecule has 0 aromatic heterocycles. The fourth-order valence-corrected chi connectivity index (χ4v) is 3.52. The van der Waals surface area contributed by atoms with Gasteiger partial charge in [-0.1, -0.05) is 24.4 Å². The Labute approximate surface area is 149 Å². The summed E-state index contributed by atoms with van der Waals surface area (Å²) in [6.45, 7) is 3.79. The molecule has 0 saturated heterocycles. The lowest BCUT2D eigenvalue weighted by Crippen LogP contribution is -2.12. The molecular weight excluding hydrogens is 370 g/mol. The summed E-state index contributed by atoms with van der Waals surface area (Å²) in [5, 5.41) is 0. The third-order valence-corrected chi connectivity index (χ3v) is 4.66. The van der Waals surface area contributed by atoms with Crippen molar-refractivity contribution >= 4 is 33.2 Å². The van der Waals surface area contributed by atoms with Crippen LogP contribution in [0, 0.1) is 11.6 Å². The number of nitrogens with one attached hydrogen (secondary N) is 2. The van der Waals surface area contributed by atoms with Crippen LogP contribution in [0.2, 0.25) is 0 Å². The summed E-state index contributed by atoms with van der Waals surface area (Å²) in [6.07, 6.45) is 1.01. The molecule has 0 saturated carbocycles. The van der Waals surface area contributed by atoms with Crippen molar-refractivity contribution in [3.63, 3.8) is 0 Å². The quantitative estimate of drug-likeness (QED) is 0.712. The van der Waals surface area contributed by atoms with Crippen molar-refractivity contribution < 1.29 is 22.0 Å².